The van der Waals surface area contributed by atoms with Gasteiger partial charge in [-0.15, -0.1) is 0 Å². The lowest BCUT2D eigenvalue weighted by molar-refractivity contribution is -0.0497. The molecule has 102 valence electrons. The Morgan fingerprint density at radius 1 is 1.47 bits per heavy atom. The molecule has 1 N–H and O–H groups in total. The highest BCUT2D eigenvalue weighted by Gasteiger charge is 2.09. The predicted molar refractivity (Wildman–Crippen MR) is 68.6 cm³/mol. The third-order valence-corrected chi connectivity index (χ3v) is 2.83. The normalized spacial score (nSPS) is 10.8. The number of anilines is 1. The number of aryl methyl sites for hydroxylation is 1. The van der Waals surface area contributed by atoms with Crippen molar-refractivity contribution in [2.45, 2.75) is 13.2 Å². The van der Waals surface area contributed by atoms with Gasteiger partial charge >= 0.3 is 6.61 Å². The number of imidazole rings is 1. The lowest BCUT2D eigenvalue weighted by Gasteiger charge is -2.10. The van der Waals surface area contributed by atoms with Gasteiger partial charge in [0.15, 0.2) is 0 Å². The van der Waals surface area contributed by atoms with E-state index in [1.807, 2.05) is 11.6 Å². The zero-order valence-corrected chi connectivity index (χ0v) is 10.9. The van der Waals surface area contributed by atoms with Gasteiger partial charge in [0.2, 0.25) is 0 Å². The van der Waals surface area contributed by atoms with Crippen molar-refractivity contribution in [3.8, 4) is 5.75 Å². The zero-order chi connectivity index (χ0) is 13.8. The van der Waals surface area contributed by atoms with E-state index in [0.29, 0.717) is 12.2 Å². The molecule has 4 nitrogen and oxygen atoms in total. The fraction of sp³-hybridized carbons (Fsp3) is 0.250. The molecule has 0 spiro atoms. The largest absolute Gasteiger partial charge is 0.433 e. The summed E-state index contributed by atoms with van der Waals surface area (Å²) in [5.74, 6) is -0.0391. The molecular formula is C12H12ClF2N3O. The molecule has 0 aliphatic heterocycles. The fourth-order valence-corrected chi connectivity index (χ4v) is 1.78. The second-order valence-corrected chi connectivity index (χ2v) is 4.28. The van der Waals surface area contributed by atoms with E-state index in [1.165, 1.54) is 12.1 Å². The molecule has 0 aliphatic rings. The summed E-state index contributed by atoms with van der Waals surface area (Å²) in [5.41, 5.74) is 1.71. The smallest absolute Gasteiger partial charge is 0.387 e. The molecule has 0 bridgehead atoms. The van der Waals surface area contributed by atoms with E-state index in [4.69, 9.17) is 11.6 Å². The lowest BCUT2D eigenvalue weighted by Crippen LogP contribution is -2.05. The van der Waals surface area contributed by atoms with E-state index >= 15 is 0 Å². The highest BCUT2D eigenvalue weighted by atomic mass is 35.5. The Bertz CT molecular complexity index is 560. The number of nitrogens with one attached hydrogen (secondary N) is 1. The van der Waals surface area contributed by atoms with Gasteiger partial charge in [0.25, 0.3) is 0 Å². The van der Waals surface area contributed by atoms with Crippen LogP contribution in [0.25, 0.3) is 0 Å². The Hall–Kier alpha value is -1.82. The maximum Gasteiger partial charge on any atom is 0.387 e. The lowest BCUT2D eigenvalue weighted by atomic mass is 10.3. The van der Waals surface area contributed by atoms with Crippen LogP contribution in [0.2, 0.25) is 5.02 Å². The summed E-state index contributed by atoms with van der Waals surface area (Å²) in [6.07, 6.45) is 3.44. The van der Waals surface area contributed by atoms with Crippen LogP contribution >= 0.6 is 11.6 Å². The number of nitrogens with zero attached hydrogens (tertiary/aromatic N) is 2. The van der Waals surface area contributed by atoms with Gasteiger partial charge in [0.1, 0.15) is 5.75 Å². The quantitative estimate of drug-likeness (QED) is 0.917. The topological polar surface area (TPSA) is 39.1 Å². The first-order valence-corrected chi connectivity index (χ1v) is 5.87. The van der Waals surface area contributed by atoms with Crippen molar-refractivity contribution in [2.75, 3.05) is 5.32 Å². The molecule has 19 heavy (non-hydrogen) atoms. The maximum absolute atomic E-state index is 12.1. The van der Waals surface area contributed by atoms with Crippen molar-refractivity contribution in [1.29, 1.82) is 0 Å². The van der Waals surface area contributed by atoms with E-state index in [1.54, 1.807) is 18.6 Å². The SMILES string of the molecule is Cn1cncc1CNc1ccc(OC(F)F)c(Cl)c1. The molecule has 0 aliphatic carbocycles. The van der Waals surface area contributed by atoms with Gasteiger partial charge in [-0.05, 0) is 18.2 Å². The van der Waals surface area contributed by atoms with Crippen LogP contribution in [0, 0.1) is 0 Å². The highest BCUT2D eigenvalue weighted by Crippen LogP contribution is 2.29. The Labute approximate surface area is 114 Å². The molecule has 1 heterocycles. The molecule has 0 radical (unpaired) electrons. The average Bonchev–Trinajstić information content (AvgIpc) is 2.75. The summed E-state index contributed by atoms with van der Waals surface area (Å²) in [7, 11) is 1.89. The van der Waals surface area contributed by atoms with Crippen LogP contribution in [0.15, 0.2) is 30.7 Å². The van der Waals surface area contributed by atoms with Gasteiger partial charge in [-0.2, -0.15) is 8.78 Å². The molecule has 0 atom stereocenters. The van der Waals surface area contributed by atoms with E-state index in [9.17, 15) is 8.78 Å². The Morgan fingerprint density at radius 2 is 2.26 bits per heavy atom. The molecule has 2 rings (SSSR count). The molecule has 2 aromatic rings. The van der Waals surface area contributed by atoms with Crippen LogP contribution in [0.1, 0.15) is 5.69 Å². The van der Waals surface area contributed by atoms with Gasteiger partial charge in [-0.1, -0.05) is 11.6 Å². The number of halogens is 3. The van der Waals surface area contributed by atoms with Crippen LogP contribution in [0.3, 0.4) is 0 Å². The second-order valence-electron chi connectivity index (χ2n) is 3.87. The van der Waals surface area contributed by atoms with Crippen molar-refractivity contribution in [1.82, 2.24) is 9.55 Å². The van der Waals surface area contributed by atoms with Crippen LogP contribution in [0.4, 0.5) is 14.5 Å². The van der Waals surface area contributed by atoms with E-state index in [2.05, 4.69) is 15.0 Å². The first-order valence-electron chi connectivity index (χ1n) is 5.49. The number of benzene rings is 1. The van der Waals surface area contributed by atoms with Crippen molar-refractivity contribution in [2.24, 2.45) is 7.05 Å². The predicted octanol–water partition coefficient (Wildman–Crippen LogP) is 3.29. The fourth-order valence-electron chi connectivity index (χ4n) is 1.55. The Morgan fingerprint density at radius 3 is 2.84 bits per heavy atom. The van der Waals surface area contributed by atoms with Crippen LogP contribution in [-0.4, -0.2) is 16.2 Å². The molecule has 0 unspecified atom stereocenters. The van der Waals surface area contributed by atoms with E-state index in [0.717, 1.165) is 5.69 Å². The Kier molecular flexibility index (Phi) is 4.21. The summed E-state index contributed by atoms with van der Waals surface area (Å²) in [6, 6.07) is 4.57. The number of ether oxygens (including phenoxy) is 1. The molecule has 1 aromatic carbocycles. The minimum atomic E-state index is -2.88. The number of hydrogen-bond acceptors (Lipinski definition) is 3. The van der Waals surface area contributed by atoms with Gasteiger partial charge in [-0.25, -0.2) is 4.98 Å². The zero-order valence-electron chi connectivity index (χ0n) is 10.1. The van der Waals surface area contributed by atoms with Crippen LogP contribution in [-0.2, 0) is 13.6 Å². The summed E-state index contributed by atoms with van der Waals surface area (Å²) in [4.78, 5) is 3.99. The molecular weight excluding hydrogens is 276 g/mol. The molecule has 1 aromatic heterocycles. The Balaban J connectivity index is 2.02. The second kappa shape index (κ2) is 5.88. The van der Waals surface area contributed by atoms with Crippen molar-refractivity contribution in [3.63, 3.8) is 0 Å². The van der Waals surface area contributed by atoms with E-state index < -0.39 is 6.61 Å². The minimum Gasteiger partial charge on any atom is -0.433 e. The summed E-state index contributed by atoms with van der Waals surface area (Å²) >= 11 is 5.85. The number of aromatic nitrogens is 2. The summed E-state index contributed by atoms with van der Waals surface area (Å²) < 4.78 is 30.3. The standard InChI is InChI=1S/C12H12ClF2N3O/c1-18-7-16-5-9(18)6-17-8-2-3-11(10(13)4-8)19-12(14)15/h2-5,7,12,17H,6H2,1H3. The van der Waals surface area contributed by atoms with E-state index in [-0.39, 0.29) is 10.8 Å². The molecule has 0 saturated carbocycles. The monoisotopic (exact) mass is 287 g/mol. The molecule has 0 saturated heterocycles. The number of alkyl halides is 2. The average molecular weight is 288 g/mol. The van der Waals surface area contributed by atoms with Gasteiger partial charge in [0.05, 0.1) is 23.6 Å². The van der Waals surface area contributed by atoms with Gasteiger partial charge in [0, 0.05) is 18.9 Å². The number of rotatable bonds is 5. The first kappa shape index (κ1) is 13.6. The third kappa shape index (κ3) is 3.57. The molecule has 0 amide bonds. The maximum atomic E-state index is 12.1. The van der Waals surface area contributed by atoms with Crippen molar-refractivity contribution in [3.05, 3.63) is 41.4 Å². The van der Waals surface area contributed by atoms with Crippen LogP contribution in [0.5, 0.6) is 5.75 Å². The number of hydrogen-bond donors (Lipinski definition) is 1. The van der Waals surface area contributed by atoms with Crippen molar-refractivity contribution >= 4 is 17.3 Å². The van der Waals surface area contributed by atoms with Crippen molar-refractivity contribution < 1.29 is 13.5 Å². The van der Waals surface area contributed by atoms with Gasteiger partial charge in [-0.3, -0.25) is 0 Å². The van der Waals surface area contributed by atoms with Gasteiger partial charge < -0.3 is 14.6 Å². The molecule has 0 fully saturated rings. The first-order chi connectivity index (χ1) is 9.06. The third-order valence-electron chi connectivity index (χ3n) is 2.54. The minimum absolute atomic E-state index is 0.0391. The summed E-state index contributed by atoms with van der Waals surface area (Å²) in [6.45, 7) is -2.33. The highest BCUT2D eigenvalue weighted by molar-refractivity contribution is 6.32. The summed E-state index contributed by atoms with van der Waals surface area (Å²) in [5, 5.41) is 3.26. The molecule has 7 heteroatoms. The van der Waals surface area contributed by atoms with Crippen LogP contribution < -0.4 is 10.1 Å².